The minimum Gasteiger partial charge on any atom is -0.355 e. The third-order valence-corrected chi connectivity index (χ3v) is 5.54. The Morgan fingerprint density at radius 3 is 2.42 bits per heavy atom. The van der Waals surface area contributed by atoms with Gasteiger partial charge in [0.25, 0.3) is 5.91 Å². The number of halogens is 2. The Balaban J connectivity index is 2.22. The number of benzene rings is 1. The number of hydrogen-bond acceptors (Lipinski definition) is 4. The van der Waals surface area contributed by atoms with E-state index in [0.29, 0.717) is 6.54 Å². The highest BCUT2D eigenvalue weighted by Gasteiger charge is 2.30. The fraction of sp³-hybridized carbons (Fsp3) is 0.429. The maximum absolute atomic E-state index is 12.3. The van der Waals surface area contributed by atoms with Gasteiger partial charge in [-0.25, -0.2) is 13.1 Å². The molecule has 24 heavy (non-hydrogen) atoms. The monoisotopic (exact) mass is 393 g/mol. The molecule has 10 heteroatoms. The van der Waals surface area contributed by atoms with Crippen LogP contribution in [0.1, 0.15) is 30.1 Å². The fourth-order valence-corrected chi connectivity index (χ4v) is 4.07. The zero-order chi connectivity index (χ0) is 17.9. The number of sulfonamides is 1. The minimum atomic E-state index is -3.84. The molecule has 1 aromatic rings. The first-order valence-electron chi connectivity index (χ1n) is 7.31. The Labute approximate surface area is 150 Å². The van der Waals surface area contributed by atoms with Gasteiger partial charge in [0.2, 0.25) is 15.9 Å². The lowest BCUT2D eigenvalue weighted by molar-refractivity contribution is -0.120. The SMILES string of the molecule is CCNC(=O)CNC(=O)c1cc(S(=O)(=O)NC2CC2)c(Cl)cc1Cl. The van der Waals surface area contributed by atoms with Crippen molar-refractivity contribution in [3.05, 3.63) is 27.7 Å². The summed E-state index contributed by atoms with van der Waals surface area (Å²) in [6, 6.07) is 2.21. The van der Waals surface area contributed by atoms with Crippen molar-refractivity contribution < 1.29 is 18.0 Å². The van der Waals surface area contributed by atoms with Crippen LogP contribution in [-0.2, 0) is 14.8 Å². The van der Waals surface area contributed by atoms with Crippen molar-refractivity contribution in [3.63, 3.8) is 0 Å². The molecule has 0 aromatic heterocycles. The van der Waals surface area contributed by atoms with Gasteiger partial charge in [-0.05, 0) is 31.9 Å². The molecule has 1 aliphatic rings. The number of carbonyl (C=O) groups is 2. The van der Waals surface area contributed by atoms with Crippen LogP contribution in [0, 0.1) is 0 Å². The van der Waals surface area contributed by atoms with Crippen LogP contribution in [0.25, 0.3) is 0 Å². The van der Waals surface area contributed by atoms with Crippen molar-refractivity contribution >= 4 is 45.0 Å². The molecule has 3 N–H and O–H groups in total. The summed E-state index contributed by atoms with van der Waals surface area (Å²) in [7, 11) is -3.84. The highest BCUT2D eigenvalue weighted by Crippen LogP contribution is 2.30. The van der Waals surface area contributed by atoms with E-state index < -0.39 is 15.9 Å². The molecular formula is C14H17Cl2N3O4S. The maximum atomic E-state index is 12.3. The van der Waals surface area contributed by atoms with E-state index in [9.17, 15) is 18.0 Å². The van der Waals surface area contributed by atoms with Crippen molar-refractivity contribution in [2.24, 2.45) is 0 Å². The molecule has 2 amide bonds. The van der Waals surface area contributed by atoms with E-state index in [1.165, 1.54) is 6.07 Å². The Morgan fingerprint density at radius 2 is 1.83 bits per heavy atom. The van der Waals surface area contributed by atoms with Gasteiger partial charge in [-0.3, -0.25) is 9.59 Å². The zero-order valence-electron chi connectivity index (χ0n) is 12.9. The molecule has 1 fully saturated rings. The Morgan fingerprint density at radius 1 is 1.17 bits per heavy atom. The Hall–Kier alpha value is -1.35. The topological polar surface area (TPSA) is 104 Å². The first kappa shape index (κ1) is 19.0. The van der Waals surface area contributed by atoms with Crippen LogP contribution < -0.4 is 15.4 Å². The summed E-state index contributed by atoms with van der Waals surface area (Å²) >= 11 is 11.9. The Kier molecular flexibility index (Phi) is 6.08. The van der Waals surface area contributed by atoms with Crippen molar-refractivity contribution in [2.45, 2.75) is 30.7 Å². The second kappa shape index (κ2) is 7.69. The molecule has 0 unspecified atom stereocenters. The van der Waals surface area contributed by atoms with Gasteiger partial charge in [-0.15, -0.1) is 0 Å². The summed E-state index contributed by atoms with van der Waals surface area (Å²) < 4.78 is 27.1. The number of hydrogen-bond donors (Lipinski definition) is 3. The molecule has 1 saturated carbocycles. The molecule has 0 aliphatic heterocycles. The van der Waals surface area contributed by atoms with E-state index in [1.54, 1.807) is 6.92 Å². The number of rotatable bonds is 7. The van der Waals surface area contributed by atoms with Gasteiger partial charge < -0.3 is 10.6 Å². The van der Waals surface area contributed by atoms with Crippen molar-refractivity contribution in [1.29, 1.82) is 0 Å². The summed E-state index contributed by atoms with van der Waals surface area (Å²) in [5, 5.41) is 4.83. The lowest BCUT2D eigenvalue weighted by Gasteiger charge is -2.12. The summed E-state index contributed by atoms with van der Waals surface area (Å²) in [6.07, 6.45) is 1.54. The third-order valence-electron chi connectivity index (χ3n) is 3.24. The standard InChI is InChI=1S/C14H17Cl2N3O4S/c1-2-17-13(20)7-18-14(21)9-5-12(11(16)6-10(9)15)24(22,23)19-8-3-4-8/h5-6,8,19H,2-4,7H2,1H3,(H,17,20)(H,18,21). The molecule has 0 bridgehead atoms. The van der Waals surface area contributed by atoms with Crippen LogP contribution in [-0.4, -0.2) is 39.4 Å². The van der Waals surface area contributed by atoms with E-state index in [1.807, 2.05) is 0 Å². The number of carbonyl (C=O) groups excluding carboxylic acids is 2. The summed E-state index contributed by atoms with van der Waals surface area (Å²) in [5.41, 5.74) is -0.0680. The van der Waals surface area contributed by atoms with Crippen LogP contribution in [0.3, 0.4) is 0 Å². The highest BCUT2D eigenvalue weighted by atomic mass is 35.5. The van der Waals surface area contributed by atoms with E-state index in [0.717, 1.165) is 18.9 Å². The molecule has 1 aliphatic carbocycles. The average molecular weight is 394 g/mol. The van der Waals surface area contributed by atoms with Crippen LogP contribution in [0.5, 0.6) is 0 Å². The summed E-state index contributed by atoms with van der Waals surface area (Å²) in [6.45, 7) is 1.94. The maximum Gasteiger partial charge on any atom is 0.253 e. The van der Waals surface area contributed by atoms with Gasteiger partial charge in [0.15, 0.2) is 0 Å². The summed E-state index contributed by atoms with van der Waals surface area (Å²) in [5.74, 6) is -1.02. The van der Waals surface area contributed by atoms with Crippen molar-refractivity contribution in [3.8, 4) is 0 Å². The van der Waals surface area contributed by atoms with E-state index in [2.05, 4.69) is 15.4 Å². The van der Waals surface area contributed by atoms with Gasteiger partial charge >= 0.3 is 0 Å². The minimum absolute atomic E-state index is 0.00114. The normalized spacial score (nSPS) is 14.3. The molecule has 7 nitrogen and oxygen atoms in total. The highest BCUT2D eigenvalue weighted by molar-refractivity contribution is 7.89. The van der Waals surface area contributed by atoms with E-state index in [-0.39, 0.29) is 39.0 Å². The average Bonchev–Trinajstić information content (AvgIpc) is 3.28. The lowest BCUT2D eigenvalue weighted by atomic mass is 10.2. The largest absolute Gasteiger partial charge is 0.355 e. The van der Waals surface area contributed by atoms with Crippen LogP contribution in [0.4, 0.5) is 0 Å². The number of likely N-dealkylation sites (N-methyl/N-ethyl adjacent to an activating group) is 1. The van der Waals surface area contributed by atoms with Gasteiger partial charge in [-0.1, -0.05) is 23.2 Å². The first-order valence-corrected chi connectivity index (χ1v) is 9.54. The second-order valence-electron chi connectivity index (χ2n) is 5.29. The molecular weight excluding hydrogens is 377 g/mol. The zero-order valence-corrected chi connectivity index (χ0v) is 15.2. The van der Waals surface area contributed by atoms with Gasteiger partial charge in [0.05, 0.1) is 22.2 Å². The summed E-state index contributed by atoms with van der Waals surface area (Å²) in [4.78, 5) is 23.3. The first-order chi connectivity index (χ1) is 11.2. The molecule has 0 radical (unpaired) electrons. The van der Waals surface area contributed by atoms with E-state index in [4.69, 9.17) is 23.2 Å². The van der Waals surface area contributed by atoms with E-state index >= 15 is 0 Å². The number of amides is 2. The van der Waals surface area contributed by atoms with Crippen LogP contribution >= 0.6 is 23.2 Å². The van der Waals surface area contributed by atoms with Crippen molar-refractivity contribution in [2.75, 3.05) is 13.1 Å². The van der Waals surface area contributed by atoms with Crippen LogP contribution in [0.2, 0.25) is 10.0 Å². The molecule has 0 spiro atoms. The molecule has 2 rings (SSSR count). The fourth-order valence-electron chi connectivity index (χ4n) is 1.91. The smallest absolute Gasteiger partial charge is 0.253 e. The molecule has 0 saturated heterocycles. The lowest BCUT2D eigenvalue weighted by Crippen LogP contribution is -2.37. The van der Waals surface area contributed by atoms with Gasteiger partial charge in [0, 0.05) is 12.6 Å². The van der Waals surface area contributed by atoms with Gasteiger partial charge in [0.1, 0.15) is 4.90 Å². The predicted octanol–water partition coefficient (Wildman–Crippen LogP) is 1.30. The van der Waals surface area contributed by atoms with Gasteiger partial charge in [-0.2, -0.15) is 0 Å². The predicted molar refractivity (Wildman–Crippen MR) is 90.8 cm³/mol. The number of nitrogens with one attached hydrogen (secondary N) is 3. The molecule has 0 atom stereocenters. The van der Waals surface area contributed by atoms with Crippen molar-refractivity contribution in [1.82, 2.24) is 15.4 Å². The van der Waals surface area contributed by atoms with Crippen LogP contribution in [0.15, 0.2) is 17.0 Å². The molecule has 132 valence electrons. The second-order valence-corrected chi connectivity index (χ2v) is 7.79. The molecule has 1 aromatic carbocycles. The molecule has 0 heterocycles. The quantitative estimate of drug-likeness (QED) is 0.649. The third kappa shape index (κ3) is 4.83. The Bertz CT molecular complexity index is 764.